The minimum Gasteiger partial charge on any atom is -0.391 e. The molecule has 152 valence electrons. The third-order valence-corrected chi connectivity index (χ3v) is 6.90. The average molecular weight is 406 g/mol. The van der Waals surface area contributed by atoms with E-state index < -0.39 is 10.0 Å². The highest BCUT2D eigenvalue weighted by Crippen LogP contribution is 2.29. The van der Waals surface area contributed by atoms with E-state index in [1.165, 1.54) is 10.6 Å². The van der Waals surface area contributed by atoms with Crippen LogP contribution in [-0.4, -0.2) is 72.4 Å². The molecule has 0 bridgehead atoms. The fourth-order valence-corrected chi connectivity index (χ4v) is 4.94. The summed E-state index contributed by atoms with van der Waals surface area (Å²) in [4.78, 5) is 11.3. The molecule has 2 aromatic heterocycles. The van der Waals surface area contributed by atoms with Gasteiger partial charge in [0, 0.05) is 55.4 Å². The smallest absolute Gasteiger partial charge is 0.211 e. The van der Waals surface area contributed by atoms with E-state index in [2.05, 4.69) is 20.2 Å². The lowest BCUT2D eigenvalue weighted by Crippen LogP contribution is -2.41. The lowest BCUT2D eigenvalue weighted by Gasteiger charge is -2.32. The second kappa shape index (κ2) is 7.81. The summed E-state index contributed by atoms with van der Waals surface area (Å²) in [6, 6.07) is 4.15. The van der Waals surface area contributed by atoms with Crippen molar-refractivity contribution in [3.8, 4) is 0 Å². The summed E-state index contributed by atoms with van der Waals surface area (Å²) in [5.41, 5.74) is 0. The zero-order chi connectivity index (χ0) is 19.7. The van der Waals surface area contributed by atoms with Crippen molar-refractivity contribution in [2.24, 2.45) is 0 Å². The number of aromatic nitrogens is 2. The number of hydrogen-bond donors (Lipinski definition) is 2. The molecule has 4 rings (SSSR count). The third kappa shape index (κ3) is 4.21. The number of β-amino-alcohol motifs (C(OH)–C–C–N with tert-alkyl or cyclic N) is 1. The van der Waals surface area contributed by atoms with Crippen molar-refractivity contribution >= 4 is 32.4 Å². The Bertz CT molecular complexity index is 944. The molecule has 9 heteroatoms. The number of hydrogen-bond acceptors (Lipinski definition) is 7. The predicted octanol–water partition coefficient (Wildman–Crippen LogP) is 1.43. The van der Waals surface area contributed by atoms with E-state index in [1.807, 2.05) is 18.3 Å². The van der Waals surface area contributed by atoms with Gasteiger partial charge in [-0.05, 0) is 37.8 Å². The number of piperidine rings is 2. The second-order valence-corrected chi connectivity index (χ2v) is 9.73. The number of rotatable bonds is 4. The molecular weight excluding hydrogens is 378 g/mol. The standard InChI is InChI=1S/C19H27N5O3S/c1-28(26,27)24-9-5-15(6-10-24)22-18-11-17-14(12-21-18)4-7-20-19(17)23-8-2-3-16(25)13-23/h4,7,11-12,15-16,25H,2-3,5-6,8-10,13H2,1H3,(H,21,22). The van der Waals surface area contributed by atoms with Crippen LogP contribution in [0.2, 0.25) is 0 Å². The maximum absolute atomic E-state index is 11.7. The minimum atomic E-state index is -3.12. The summed E-state index contributed by atoms with van der Waals surface area (Å²) in [5, 5.41) is 15.5. The summed E-state index contributed by atoms with van der Waals surface area (Å²) in [7, 11) is -3.12. The molecule has 2 aromatic rings. The Labute approximate surface area is 165 Å². The van der Waals surface area contributed by atoms with Crippen molar-refractivity contribution in [1.82, 2.24) is 14.3 Å². The van der Waals surface area contributed by atoms with E-state index >= 15 is 0 Å². The van der Waals surface area contributed by atoms with E-state index in [9.17, 15) is 13.5 Å². The molecule has 4 heterocycles. The highest BCUT2D eigenvalue weighted by molar-refractivity contribution is 7.88. The number of nitrogens with zero attached hydrogens (tertiary/aromatic N) is 4. The van der Waals surface area contributed by atoms with Crippen LogP contribution in [0.1, 0.15) is 25.7 Å². The number of sulfonamides is 1. The van der Waals surface area contributed by atoms with Gasteiger partial charge in [0.1, 0.15) is 11.6 Å². The fraction of sp³-hybridized carbons (Fsp3) is 0.579. The third-order valence-electron chi connectivity index (χ3n) is 5.60. The zero-order valence-corrected chi connectivity index (χ0v) is 16.9. The Morgan fingerprint density at radius 2 is 1.96 bits per heavy atom. The predicted molar refractivity (Wildman–Crippen MR) is 110 cm³/mol. The van der Waals surface area contributed by atoms with E-state index in [0.29, 0.717) is 19.6 Å². The van der Waals surface area contributed by atoms with Crippen LogP contribution >= 0.6 is 0 Å². The Hall–Kier alpha value is -1.97. The van der Waals surface area contributed by atoms with Crippen LogP contribution in [0.25, 0.3) is 10.8 Å². The molecule has 0 saturated carbocycles. The Morgan fingerprint density at radius 1 is 1.18 bits per heavy atom. The summed E-state index contributed by atoms with van der Waals surface area (Å²) in [6.07, 6.45) is 7.87. The van der Waals surface area contributed by atoms with Gasteiger partial charge in [0.25, 0.3) is 0 Å². The molecule has 28 heavy (non-hydrogen) atoms. The van der Waals surface area contributed by atoms with E-state index in [0.717, 1.165) is 54.6 Å². The van der Waals surface area contributed by atoms with Gasteiger partial charge < -0.3 is 15.3 Å². The van der Waals surface area contributed by atoms with Gasteiger partial charge >= 0.3 is 0 Å². The first-order valence-corrected chi connectivity index (χ1v) is 11.6. The van der Waals surface area contributed by atoms with Gasteiger partial charge in [-0.2, -0.15) is 0 Å². The van der Waals surface area contributed by atoms with Gasteiger partial charge in [-0.1, -0.05) is 0 Å². The summed E-state index contributed by atoms with van der Waals surface area (Å²) in [5.74, 6) is 1.66. The first-order valence-electron chi connectivity index (χ1n) is 9.79. The van der Waals surface area contributed by atoms with Crippen LogP contribution in [0.15, 0.2) is 24.5 Å². The van der Waals surface area contributed by atoms with Gasteiger partial charge in [-0.15, -0.1) is 0 Å². The van der Waals surface area contributed by atoms with Crippen molar-refractivity contribution in [3.05, 3.63) is 24.5 Å². The monoisotopic (exact) mass is 405 g/mol. The van der Waals surface area contributed by atoms with Crippen molar-refractivity contribution in [2.45, 2.75) is 37.8 Å². The largest absolute Gasteiger partial charge is 0.391 e. The van der Waals surface area contributed by atoms with Gasteiger partial charge in [0.2, 0.25) is 10.0 Å². The average Bonchev–Trinajstić information content (AvgIpc) is 2.67. The maximum atomic E-state index is 11.7. The SMILES string of the molecule is CS(=O)(=O)N1CCC(Nc2cc3c(N4CCCC(O)C4)nccc3cn2)CC1. The van der Waals surface area contributed by atoms with Crippen molar-refractivity contribution in [3.63, 3.8) is 0 Å². The minimum absolute atomic E-state index is 0.194. The van der Waals surface area contributed by atoms with Gasteiger partial charge in [0.05, 0.1) is 12.4 Å². The molecule has 2 fully saturated rings. The molecule has 1 atom stereocenters. The molecule has 2 aliphatic rings. The highest BCUT2D eigenvalue weighted by Gasteiger charge is 2.25. The van der Waals surface area contributed by atoms with Crippen LogP contribution in [0.3, 0.4) is 0 Å². The number of aliphatic hydroxyl groups is 1. The topological polar surface area (TPSA) is 98.7 Å². The second-order valence-electron chi connectivity index (χ2n) is 7.75. The first kappa shape index (κ1) is 19.4. The maximum Gasteiger partial charge on any atom is 0.211 e. The summed E-state index contributed by atoms with van der Waals surface area (Å²) < 4.78 is 24.9. The van der Waals surface area contributed by atoms with Gasteiger partial charge in [-0.25, -0.2) is 22.7 Å². The number of fused-ring (bicyclic) bond motifs is 1. The molecular formula is C19H27N5O3S. The first-order chi connectivity index (χ1) is 13.4. The lowest BCUT2D eigenvalue weighted by molar-refractivity contribution is 0.154. The van der Waals surface area contributed by atoms with Crippen molar-refractivity contribution < 1.29 is 13.5 Å². The fourth-order valence-electron chi connectivity index (χ4n) is 4.07. The molecule has 8 nitrogen and oxygen atoms in total. The molecule has 1 unspecified atom stereocenters. The molecule has 2 N–H and O–H groups in total. The van der Waals surface area contributed by atoms with Crippen LogP contribution in [0.5, 0.6) is 0 Å². The number of pyridine rings is 2. The summed E-state index contributed by atoms with van der Waals surface area (Å²) in [6.45, 7) is 2.55. The molecule has 2 saturated heterocycles. The van der Waals surface area contributed by atoms with E-state index in [-0.39, 0.29) is 12.1 Å². The van der Waals surface area contributed by atoms with Crippen molar-refractivity contribution in [1.29, 1.82) is 0 Å². The van der Waals surface area contributed by atoms with Crippen molar-refractivity contribution in [2.75, 3.05) is 42.7 Å². The highest BCUT2D eigenvalue weighted by atomic mass is 32.2. The molecule has 0 spiro atoms. The zero-order valence-electron chi connectivity index (χ0n) is 16.1. The lowest BCUT2D eigenvalue weighted by atomic mass is 10.1. The Kier molecular flexibility index (Phi) is 5.39. The Morgan fingerprint density at radius 3 is 2.68 bits per heavy atom. The number of nitrogens with one attached hydrogen (secondary N) is 1. The Balaban J connectivity index is 1.52. The van der Waals surface area contributed by atoms with Gasteiger partial charge in [-0.3, -0.25) is 0 Å². The quantitative estimate of drug-likeness (QED) is 0.794. The van der Waals surface area contributed by atoms with Crippen LogP contribution < -0.4 is 10.2 Å². The number of anilines is 2. The molecule has 0 radical (unpaired) electrons. The van der Waals surface area contributed by atoms with Crippen LogP contribution in [0, 0.1) is 0 Å². The number of aliphatic hydroxyl groups excluding tert-OH is 1. The molecule has 0 aliphatic carbocycles. The van der Waals surface area contributed by atoms with E-state index in [4.69, 9.17) is 0 Å². The van der Waals surface area contributed by atoms with Gasteiger partial charge in [0.15, 0.2) is 0 Å². The molecule has 0 aromatic carbocycles. The van der Waals surface area contributed by atoms with Crippen LogP contribution in [-0.2, 0) is 10.0 Å². The van der Waals surface area contributed by atoms with Crippen LogP contribution in [0.4, 0.5) is 11.6 Å². The molecule has 0 amide bonds. The molecule has 2 aliphatic heterocycles. The van der Waals surface area contributed by atoms with E-state index in [1.54, 1.807) is 6.20 Å². The summed E-state index contributed by atoms with van der Waals surface area (Å²) >= 11 is 0. The normalized spacial score (nSPS) is 22.5.